The van der Waals surface area contributed by atoms with E-state index in [4.69, 9.17) is 9.47 Å². The fraction of sp³-hybridized carbons (Fsp3) is 0.444. The molecule has 0 bridgehead atoms. The molecule has 2 amide bonds. The predicted octanol–water partition coefficient (Wildman–Crippen LogP) is 3.65. The van der Waals surface area contributed by atoms with Crippen molar-refractivity contribution in [2.75, 3.05) is 19.0 Å². The summed E-state index contributed by atoms with van der Waals surface area (Å²) in [6.07, 6.45) is -4.59. The summed E-state index contributed by atoms with van der Waals surface area (Å²) in [5, 5.41) is 5.90. The van der Waals surface area contributed by atoms with Gasteiger partial charge in [0.25, 0.3) is 0 Å². The molecule has 152 valence electrons. The Morgan fingerprint density at radius 3 is 2.64 bits per heavy atom. The number of alkyl halides is 3. The molecule has 1 aliphatic rings. The molecular weight excluding hydrogens is 377 g/mol. The number of hydrogen-bond donors (Lipinski definition) is 1. The van der Waals surface area contributed by atoms with Crippen molar-refractivity contribution in [1.82, 2.24) is 14.7 Å². The van der Waals surface area contributed by atoms with Crippen LogP contribution in [0.5, 0.6) is 11.5 Å². The lowest BCUT2D eigenvalue weighted by Gasteiger charge is -2.29. The Balaban J connectivity index is 1.84. The number of benzene rings is 1. The third kappa shape index (κ3) is 4.15. The highest BCUT2D eigenvalue weighted by Crippen LogP contribution is 2.33. The molecule has 2 aromatic rings. The van der Waals surface area contributed by atoms with Gasteiger partial charge in [0.15, 0.2) is 5.69 Å². The van der Waals surface area contributed by atoms with Crippen LogP contribution in [0.4, 0.5) is 23.8 Å². The van der Waals surface area contributed by atoms with Gasteiger partial charge in [0.1, 0.15) is 22.9 Å². The Bertz CT molecular complexity index is 893. The average molecular weight is 398 g/mol. The molecule has 0 atom stereocenters. The second-order valence-corrected chi connectivity index (χ2v) is 7.16. The molecule has 1 N–H and O–H groups in total. The number of fused-ring (bicyclic) bond motifs is 1. The number of carbonyl (C=O) groups is 1. The first kappa shape index (κ1) is 19.8. The molecule has 0 saturated carbocycles. The number of nitrogens with zero attached hydrogens (tertiary/aromatic N) is 3. The van der Waals surface area contributed by atoms with Crippen molar-refractivity contribution in [3.8, 4) is 11.5 Å². The van der Waals surface area contributed by atoms with E-state index in [1.165, 1.54) is 11.9 Å². The van der Waals surface area contributed by atoms with Crippen LogP contribution < -0.4 is 14.8 Å². The van der Waals surface area contributed by atoms with Crippen LogP contribution in [0.15, 0.2) is 24.3 Å². The van der Waals surface area contributed by atoms with Crippen LogP contribution >= 0.6 is 0 Å². The van der Waals surface area contributed by atoms with E-state index >= 15 is 0 Å². The summed E-state index contributed by atoms with van der Waals surface area (Å²) in [5.41, 5.74) is -1.01. The van der Waals surface area contributed by atoms with Gasteiger partial charge in [-0.3, -0.25) is 10.00 Å². The fourth-order valence-corrected chi connectivity index (χ4v) is 2.99. The van der Waals surface area contributed by atoms with Gasteiger partial charge in [-0.25, -0.2) is 4.79 Å². The van der Waals surface area contributed by atoms with Gasteiger partial charge in [-0.05, 0) is 26.0 Å². The van der Waals surface area contributed by atoms with Crippen LogP contribution in [-0.2, 0) is 19.8 Å². The number of amides is 2. The van der Waals surface area contributed by atoms with Crippen LogP contribution in [0.1, 0.15) is 25.1 Å². The van der Waals surface area contributed by atoms with E-state index in [-0.39, 0.29) is 18.9 Å². The van der Waals surface area contributed by atoms with E-state index < -0.39 is 23.5 Å². The summed E-state index contributed by atoms with van der Waals surface area (Å²) >= 11 is 0. The number of carbonyl (C=O) groups excluding carboxylic acids is 1. The topological polar surface area (TPSA) is 68.6 Å². The molecule has 1 aromatic heterocycles. The van der Waals surface area contributed by atoms with Crippen LogP contribution in [0.25, 0.3) is 0 Å². The van der Waals surface area contributed by atoms with Gasteiger partial charge in [0, 0.05) is 24.7 Å². The lowest BCUT2D eigenvalue weighted by Crippen LogP contribution is -2.45. The largest absolute Gasteiger partial charge is 0.497 e. The summed E-state index contributed by atoms with van der Waals surface area (Å²) < 4.78 is 50.7. The molecule has 0 aliphatic carbocycles. The minimum Gasteiger partial charge on any atom is -0.497 e. The van der Waals surface area contributed by atoms with Gasteiger partial charge in [-0.1, -0.05) is 0 Å². The van der Waals surface area contributed by atoms with Crippen LogP contribution in [-0.4, -0.2) is 40.0 Å². The number of rotatable bonds is 2. The van der Waals surface area contributed by atoms with Gasteiger partial charge in [-0.2, -0.15) is 18.3 Å². The van der Waals surface area contributed by atoms with E-state index in [1.54, 1.807) is 25.3 Å². The lowest BCUT2D eigenvalue weighted by atomic mass is 10.1. The number of hydrogen-bond acceptors (Lipinski definition) is 4. The Hall–Kier alpha value is -2.91. The van der Waals surface area contributed by atoms with Gasteiger partial charge < -0.3 is 14.4 Å². The molecule has 3 rings (SSSR count). The highest BCUT2D eigenvalue weighted by Gasteiger charge is 2.36. The van der Waals surface area contributed by atoms with Crippen molar-refractivity contribution in [3.63, 3.8) is 0 Å². The highest BCUT2D eigenvalue weighted by atomic mass is 19.4. The van der Waals surface area contributed by atoms with Crippen molar-refractivity contribution in [3.05, 3.63) is 35.5 Å². The van der Waals surface area contributed by atoms with Crippen LogP contribution in [0, 0.1) is 0 Å². The molecule has 0 unspecified atom stereocenters. The number of urea groups is 1. The van der Waals surface area contributed by atoms with E-state index in [9.17, 15) is 18.0 Å². The summed E-state index contributed by atoms with van der Waals surface area (Å²) in [5.74, 6) is 1.18. The van der Waals surface area contributed by atoms with E-state index in [0.29, 0.717) is 11.5 Å². The van der Waals surface area contributed by atoms with Crippen molar-refractivity contribution in [1.29, 1.82) is 0 Å². The van der Waals surface area contributed by atoms with Crippen LogP contribution in [0.3, 0.4) is 0 Å². The molecule has 0 spiro atoms. The highest BCUT2D eigenvalue weighted by molar-refractivity contribution is 5.88. The standard InChI is InChI=1S/C18H21F3N4O3/c1-17(2)10-25(9-11-5-6-12(27-4)7-13(11)28-17)16(26)22-15-8-14(18(19,20)21)23-24(15)3/h5-8H,9-10H2,1-4H3,(H,22,26). The lowest BCUT2D eigenvalue weighted by molar-refractivity contribution is -0.141. The Morgan fingerprint density at radius 2 is 2.04 bits per heavy atom. The summed E-state index contributed by atoms with van der Waals surface area (Å²) in [7, 11) is 2.88. The number of halogens is 3. The molecule has 28 heavy (non-hydrogen) atoms. The van der Waals surface area contributed by atoms with Gasteiger partial charge in [0.2, 0.25) is 0 Å². The zero-order valence-corrected chi connectivity index (χ0v) is 15.9. The second kappa shape index (κ2) is 6.92. The molecule has 1 aromatic carbocycles. The van der Waals surface area contributed by atoms with Crippen molar-refractivity contribution < 1.29 is 27.4 Å². The average Bonchev–Trinajstić information content (AvgIpc) is 2.89. The summed E-state index contributed by atoms with van der Waals surface area (Å²) in [6.45, 7) is 4.12. The van der Waals surface area contributed by atoms with Crippen molar-refractivity contribution in [2.24, 2.45) is 7.05 Å². The minimum atomic E-state index is -4.59. The fourth-order valence-electron chi connectivity index (χ4n) is 2.99. The maximum absolute atomic E-state index is 12.8. The molecule has 10 heteroatoms. The molecule has 0 saturated heterocycles. The quantitative estimate of drug-likeness (QED) is 0.839. The van der Waals surface area contributed by atoms with Gasteiger partial charge >= 0.3 is 12.2 Å². The summed E-state index contributed by atoms with van der Waals surface area (Å²) in [6, 6.07) is 5.55. The first-order chi connectivity index (χ1) is 13.0. The number of nitrogens with one attached hydrogen (secondary N) is 1. The normalized spacial score (nSPS) is 16.0. The first-order valence-corrected chi connectivity index (χ1v) is 8.51. The predicted molar refractivity (Wildman–Crippen MR) is 95.3 cm³/mol. The van der Waals surface area contributed by atoms with Crippen molar-refractivity contribution >= 4 is 11.8 Å². The Morgan fingerprint density at radius 1 is 1.32 bits per heavy atom. The van der Waals surface area contributed by atoms with Gasteiger partial charge in [0.05, 0.1) is 20.2 Å². The maximum atomic E-state index is 12.8. The molecule has 0 fully saturated rings. The number of aromatic nitrogens is 2. The number of anilines is 1. The first-order valence-electron chi connectivity index (χ1n) is 8.51. The minimum absolute atomic E-state index is 0.0461. The van der Waals surface area contributed by atoms with E-state index in [1.807, 2.05) is 13.8 Å². The molecular formula is C18H21F3N4O3. The van der Waals surface area contributed by atoms with E-state index in [2.05, 4.69) is 10.4 Å². The zero-order chi connectivity index (χ0) is 20.7. The Labute approximate surface area is 160 Å². The maximum Gasteiger partial charge on any atom is 0.435 e. The number of ether oxygens (including phenoxy) is 2. The zero-order valence-electron chi connectivity index (χ0n) is 15.9. The number of aryl methyl sites for hydroxylation is 1. The Kier molecular flexibility index (Phi) is 4.90. The van der Waals surface area contributed by atoms with Crippen molar-refractivity contribution in [2.45, 2.75) is 32.2 Å². The van der Waals surface area contributed by atoms with E-state index in [0.717, 1.165) is 16.3 Å². The third-order valence-electron chi connectivity index (χ3n) is 4.29. The van der Waals surface area contributed by atoms with Crippen LogP contribution in [0.2, 0.25) is 0 Å². The smallest absolute Gasteiger partial charge is 0.435 e. The molecule has 7 nitrogen and oxygen atoms in total. The molecule has 2 heterocycles. The molecule has 1 aliphatic heterocycles. The monoisotopic (exact) mass is 398 g/mol. The number of methoxy groups -OCH3 is 1. The summed E-state index contributed by atoms with van der Waals surface area (Å²) in [4.78, 5) is 14.2. The second-order valence-electron chi connectivity index (χ2n) is 7.16. The van der Waals surface area contributed by atoms with Gasteiger partial charge in [-0.15, -0.1) is 0 Å². The third-order valence-corrected chi connectivity index (χ3v) is 4.29. The SMILES string of the molecule is COc1ccc2c(c1)OC(C)(C)CN(C(=O)Nc1cc(C(F)(F)F)nn1C)C2. The molecule has 0 radical (unpaired) electrons.